The predicted octanol–water partition coefficient (Wildman–Crippen LogP) is 4.02. The molecule has 5 heteroatoms. The first-order valence-electron chi connectivity index (χ1n) is 10.0. The van der Waals surface area contributed by atoms with Gasteiger partial charge in [-0.1, -0.05) is 43.6 Å². The number of aliphatic hydroxyl groups excluding tert-OH is 2. The molecule has 2 aliphatic rings. The molecule has 0 saturated heterocycles. The Labute approximate surface area is 155 Å². The number of rotatable bonds is 10. The summed E-state index contributed by atoms with van der Waals surface area (Å²) >= 11 is 0. The third-order valence-corrected chi connectivity index (χ3v) is 5.87. The number of aliphatic hydroxyl groups is 2. The molecule has 4 nitrogen and oxygen atoms in total. The molecule has 2 aliphatic carbocycles. The van der Waals surface area contributed by atoms with Gasteiger partial charge in [-0.15, -0.1) is 0 Å². The summed E-state index contributed by atoms with van der Waals surface area (Å²) in [4.78, 5) is 10.6. The van der Waals surface area contributed by atoms with Gasteiger partial charge in [-0.05, 0) is 50.4 Å². The number of allylic oxidation sites excluding steroid dienone is 2. The molecule has 0 aromatic heterocycles. The fourth-order valence-electron chi connectivity index (χ4n) is 4.43. The maximum absolute atomic E-state index is 13.9. The number of carboxylic acids is 1. The molecule has 0 radical (unpaired) electrons. The second-order valence-corrected chi connectivity index (χ2v) is 7.89. The average molecular weight is 368 g/mol. The van der Waals surface area contributed by atoms with Crippen molar-refractivity contribution in [2.45, 2.75) is 83.1 Å². The molecule has 148 valence electrons. The molecule has 2 rings (SSSR count). The summed E-state index contributed by atoms with van der Waals surface area (Å²) in [6, 6.07) is 0. The van der Waals surface area contributed by atoms with Crippen LogP contribution in [0, 0.1) is 17.8 Å². The van der Waals surface area contributed by atoms with E-state index in [4.69, 9.17) is 5.11 Å². The zero-order valence-electron chi connectivity index (χ0n) is 15.7. The van der Waals surface area contributed by atoms with Crippen LogP contribution in [-0.4, -0.2) is 39.7 Å². The first kappa shape index (κ1) is 21.1. The van der Waals surface area contributed by atoms with Crippen molar-refractivity contribution in [1.82, 2.24) is 0 Å². The topological polar surface area (TPSA) is 77.8 Å². The fourth-order valence-corrected chi connectivity index (χ4v) is 4.43. The second-order valence-electron chi connectivity index (χ2n) is 7.89. The van der Waals surface area contributed by atoms with Gasteiger partial charge in [-0.3, -0.25) is 4.79 Å². The molecule has 2 saturated carbocycles. The Hall–Kier alpha value is -1.20. The SMILES string of the molecule is CCCCC(F)C(O)/C=C/[C@@H]1[C@H]2C/C(=C\CCCC(=O)O)C[C@H]2C[C@H]1O. The normalized spacial score (nSPS) is 32.2. The van der Waals surface area contributed by atoms with E-state index in [2.05, 4.69) is 6.08 Å². The molecule has 0 heterocycles. The van der Waals surface area contributed by atoms with Crippen molar-refractivity contribution < 1.29 is 24.5 Å². The van der Waals surface area contributed by atoms with Crippen LogP contribution >= 0.6 is 0 Å². The highest BCUT2D eigenvalue weighted by molar-refractivity contribution is 5.66. The molecule has 26 heavy (non-hydrogen) atoms. The molecule has 3 N–H and O–H groups in total. The van der Waals surface area contributed by atoms with Crippen molar-refractivity contribution >= 4 is 5.97 Å². The van der Waals surface area contributed by atoms with E-state index in [1.807, 2.05) is 13.0 Å². The summed E-state index contributed by atoms with van der Waals surface area (Å²) < 4.78 is 13.9. The average Bonchev–Trinajstić information content (AvgIpc) is 3.10. The van der Waals surface area contributed by atoms with Gasteiger partial charge in [-0.2, -0.15) is 0 Å². The molecule has 2 fully saturated rings. The molecule has 0 bridgehead atoms. The molecule has 0 aromatic carbocycles. The van der Waals surface area contributed by atoms with E-state index in [9.17, 15) is 19.4 Å². The van der Waals surface area contributed by atoms with E-state index < -0.39 is 24.3 Å². The molecular weight excluding hydrogens is 335 g/mol. The Bertz CT molecular complexity index is 516. The van der Waals surface area contributed by atoms with Crippen molar-refractivity contribution in [3.8, 4) is 0 Å². The van der Waals surface area contributed by atoms with E-state index in [-0.39, 0.29) is 12.3 Å². The molecule has 0 spiro atoms. The minimum absolute atomic E-state index is 0.0297. The van der Waals surface area contributed by atoms with Crippen molar-refractivity contribution in [1.29, 1.82) is 0 Å². The zero-order chi connectivity index (χ0) is 19.1. The number of fused-ring (bicyclic) bond motifs is 1. The van der Waals surface area contributed by atoms with Crippen LogP contribution < -0.4 is 0 Å². The number of carboxylic acid groups (broad SMARTS) is 1. The Balaban J connectivity index is 1.87. The largest absolute Gasteiger partial charge is 0.481 e. The van der Waals surface area contributed by atoms with E-state index >= 15 is 0 Å². The van der Waals surface area contributed by atoms with Crippen molar-refractivity contribution in [2.75, 3.05) is 0 Å². The Morgan fingerprint density at radius 2 is 2.12 bits per heavy atom. The smallest absolute Gasteiger partial charge is 0.303 e. The molecule has 2 unspecified atom stereocenters. The van der Waals surface area contributed by atoms with Gasteiger partial charge in [0.1, 0.15) is 12.3 Å². The quantitative estimate of drug-likeness (QED) is 0.402. The van der Waals surface area contributed by atoms with Crippen LogP contribution in [0.4, 0.5) is 4.39 Å². The number of hydrogen-bond acceptors (Lipinski definition) is 3. The maximum atomic E-state index is 13.9. The summed E-state index contributed by atoms with van der Waals surface area (Å²) in [6.45, 7) is 2.00. The second kappa shape index (κ2) is 10.2. The number of alkyl halides is 1. The summed E-state index contributed by atoms with van der Waals surface area (Å²) in [5.74, 6) is -0.0155. The highest BCUT2D eigenvalue weighted by Crippen LogP contribution is 2.50. The van der Waals surface area contributed by atoms with Crippen LogP contribution in [-0.2, 0) is 4.79 Å². The van der Waals surface area contributed by atoms with Gasteiger partial charge in [0.05, 0.1) is 6.10 Å². The van der Waals surface area contributed by atoms with Crippen LogP contribution in [0.2, 0.25) is 0 Å². The van der Waals surface area contributed by atoms with Gasteiger partial charge >= 0.3 is 5.97 Å². The van der Waals surface area contributed by atoms with Crippen LogP contribution in [0.3, 0.4) is 0 Å². The van der Waals surface area contributed by atoms with Crippen LogP contribution in [0.1, 0.15) is 64.7 Å². The monoisotopic (exact) mass is 368 g/mol. The van der Waals surface area contributed by atoms with E-state index in [0.717, 1.165) is 38.5 Å². The summed E-state index contributed by atoms with van der Waals surface area (Å²) in [7, 11) is 0. The third kappa shape index (κ3) is 5.92. The fraction of sp³-hybridized carbons (Fsp3) is 0.762. The van der Waals surface area contributed by atoms with Gasteiger partial charge in [0.2, 0.25) is 0 Å². The van der Waals surface area contributed by atoms with Crippen molar-refractivity contribution in [3.05, 3.63) is 23.8 Å². The summed E-state index contributed by atoms with van der Waals surface area (Å²) in [5, 5.41) is 29.0. The predicted molar refractivity (Wildman–Crippen MR) is 99.5 cm³/mol. The highest BCUT2D eigenvalue weighted by atomic mass is 19.1. The van der Waals surface area contributed by atoms with E-state index in [1.165, 1.54) is 11.6 Å². The first-order chi connectivity index (χ1) is 12.4. The lowest BCUT2D eigenvalue weighted by Crippen LogP contribution is -2.21. The van der Waals surface area contributed by atoms with Gasteiger partial charge in [0.25, 0.3) is 0 Å². The lowest BCUT2D eigenvalue weighted by Gasteiger charge is -2.18. The minimum atomic E-state index is -1.24. The Morgan fingerprint density at radius 3 is 2.81 bits per heavy atom. The number of halogens is 1. The Morgan fingerprint density at radius 1 is 1.35 bits per heavy atom. The standard InChI is InChI=1S/C21H33FO4/c1-2-3-7-18(22)19(23)10-9-16-17-12-14(6-4-5-8-21(25)26)11-15(17)13-20(16)24/h6,9-10,15-20,23-24H,2-5,7-8,11-13H2,1H3,(H,25,26)/b10-9+,14-6-/t15-,16+,17-,18?,19?,20+/m0/s1. The third-order valence-electron chi connectivity index (χ3n) is 5.87. The minimum Gasteiger partial charge on any atom is -0.481 e. The summed E-state index contributed by atoms with van der Waals surface area (Å²) in [5.41, 5.74) is 1.35. The molecule has 0 aromatic rings. The molecule has 6 atom stereocenters. The molecule has 0 aliphatic heterocycles. The number of carbonyl (C=O) groups is 1. The van der Waals surface area contributed by atoms with Gasteiger partial charge < -0.3 is 15.3 Å². The lowest BCUT2D eigenvalue weighted by molar-refractivity contribution is -0.137. The van der Waals surface area contributed by atoms with Crippen molar-refractivity contribution in [2.24, 2.45) is 17.8 Å². The van der Waals surface area contributed by atoms with Gasteiger partial charge in [0.15, 0.2) is 0 Å². The van der Waals surface area contributed by atoms with Crippen LogP contribution in [0.5, 0.6) is 0 Å². The van der Waals surface area contributed by atoms with Crippen LogP contribution in [0.25, 0.3) is 0 Å². The number of unbranched alkanes of at least 4 members (excludes halogenated alkanes) is 2. The van der Waals surface area contributed by atoms with Crippen LogP contribution in [0.15, 0.2) is 23.8 Å². The number of aliphatic carboxylic acids is 1. The number of hydrogen-bond donors (Lipinski definition) is 3. The van der Waals surface area contributed by atoms with Gasteiger partial charge in [-0.25, -0.2) is 4.39 Å². The summed E-state index contributed by atoms with van der Waals surface area (Å²) in [6.07, 6.45) is 9.04. The highest BCUT2D eigenvalue weighted by Gasteiger charge is 2.45. The van der Waals surface area contributed by atoms with Crippen molar-refractivity contribution in [3.63, 3.8) is 0 Å². The lowest BCUT2D eigenvalue weighted by atomic mass is 9.90. The first-order valence-corrected chi connectivity index (χ1v) is 10.0. The maximum Gasteiger partial charge on any atom is 0.303 e. The van der Waals surface area contributed by atoms with Gasteiger partial charge in [0, 0.05) is 12.3 Å². The Kier molecular flexibility index (Phi) is 8.29. The van der Waals surface area contributed by atoms with E-state index in [1.54, 1.807) is 0 Å². The molecular formula is C21H33FO4. The van der Waals surface area contributed by atoms with E-state index in [0.29, 0.717) is 24.7 Å². The molecule has 0 amide bonds. The zero-order valence-corrected chi connectivity index (χ0v) is 15.7.